The first-order valence-electron chi connectivity index (χ1n) is 8.59. The highest BCUT2D eigenvalue weighted by Gasteiger charge is 2.21. The lowest BCUT2D eigenvalue weighted by molar-refractivity contribution is 0.633. The minimum Gasteiger partial charge on any atom is -0.287 e. The number of aryl methyl sites for hydroxylation is 2. The number of fused-ring (bicyclic) bond motifs is 3. The van der Waals surface area contributed by atoms with Gasteiger partial charge < -0.3 is 0 Å². The standard InChI is InChI=1S/C19H19BrN2OS2/c1-2-22-18(23)16-14-5-3-4-6-15(14)25-17(16)21-19(22)24-11-12-7-9-13(20)10-8-12/h7-10H,2-6,11H2,1H3. The van der Waals surface area contributed by atoms with E-state index in [4.69, 9.17) is 4.98 Å². The number of hydrogen-bond donors (Lipinski definition) is 0. The molecule has 0 atom stereocenters. The molecule has 3 nitrogen and oxygen atoms in total. The third-order valence-electron chi connectivity index (χ3n) is 4.64. The van der Waals surface area contributed by atoms with E-state index < -0.39 is 0 Å². The highest BCUT2D eigenvalue weighted by atomic mass is 79.9. The van der Waals surface area contributed by atoms with Crippen LogP contribution < -0.4 is 5.56 Å². The lowest BCUT2D eigenvalue weighted by atomic mass is 9.97. The minimum absolute atomic E-state index is 0.144. The van der Waals surface area contributed by atoms with Gasteiger partial charge in [-0.25, -0.2) is 4.98 Å². The maximum absolute atomic E-state index is 13.1. The van der Waals surface area contributed by atoms with E-state index in [0.717, 1.165) is 38.4 Å². The summed E-state index contributed by atoms with van der Waals surface area (Å²) in [6.45, 7) is 2.69. The van der Waals surface area contributed by atoms with Gasteiger partial charge in [-0.1, -0.05) is 39.8 Å². The van der Waals surface area contributed by atoms with Crippen LogP contribution in [0.4, 0.5) is 0 Å². The van der Waals surface area contributed by atoms with Crippen molar-refractivity contribution in [3.05, 3.63) is 55.1 Å². The molecule has 1 aliphatic rings. The third kappa shape index (κ3) is 3.32. The molecule has 0 bridgehead atoms. The van der Waals surface area contributed by atoms with Crippen molar-refractivity contribution in [3.8, 4) is 0 Å². The summed E-state index contributed by atoms with van der Waals surface area (Å²) >= 11 is 6.84. The van der Waals surface area contributed by atoms with Crippen LogP contribution in [-0.4, -0.2) is 9.55 Å². The van der Waals surface area contributed by atoms with Crippen LogP contribution >= 0.6 is 39.0 Å². The molecule has 1 aliphatic carbocycles. The van der Waals surface area contributed by atoms with Crippen LogP contribution in [0.1, 0.15) is 35.8 Å². The zero-order valence-corrected chi connectivity index (χ0v) is 17.3. The molecule has 0 aliphatic heterocycles. The third-order valence-corrected chi connectivity index (χ3v) is 7.40. The second-order valence-corrected chi connectivity index (χ2v) is 9.19. The predicted molar refractivity (Wildman–Crippen MR) is 110 cm³/mol. The van der Waals surface area contributed by atoms with Crippen molar-refractivity contribution in [1.29, 1.82) is 0 Å². The first-order chi connectivity index (χ1) is 12.2. The second kappa shape index (κ2) is 7.25. The number of halogens is 1. The van der Waals surface area contributed by atoms with Gasteiger partial charge in [0.15, 0.2) is 5.16 Å². The Kier molecular flexibility index (Phi) is 5.02. The number of rotatable bonds is 4. The average Bonchev–Trinajstić information content (AvgIpc) is 3.00. The summed E-state index contributed by atoms with van der Waals surface area (Å²) in [6, 6.07) is 8.31. The Balaban J connectivity index is 1.73. The van der Waals surface area contributed by atoms with Crippen LogP contribution in [0.2, 0.25) is 0 Å². The maximum atomic E-state index is 13.1. The van der Waals surface area contributed by atoms with Crippen molar-refractivity contribution in [2.75, 3.05) is 0 Å². The Bertz CT molecular complexity index is 976. The van der Waals surface area contributed by atoms with Gasteiger partial charge in [-0.2, -0.15) is 0 Å². The predicted octanol–water partition coefficient (Wildman–Crippen LogP) is 5.41. The van der Waals surface area contributed by atoms with Crippen LogP contribution in [0.25, 0.3) is 10.2 Å². The van der Waals surface area contributed by atoms with Crippen LogP contribution in [0.5, 0.6) is 0 Å². The summed E-state index contributed by atoms with van der Waals surface area (Å²) < 4.78 is 2.92. The fourth-order valence-corrected chi connectivity index (χ4v) is 5.92. The zero-order chi connectivity index (χ0) is 17.4. The fourth-order valence-electron chi connectivity index (χ4n) is 3.34. The highest BCUT2D eigenvalue weighted by Crippen LogP contribution is 2.35. The second-order valence-electron chi connectivity index (χ2n) is 6.25. The molecule has 0 amide bonds. The molecule has 1 aromatic carbocycles. The zero-order valence-electron chi connectivity index (χ0n) is 14.0. The lowest BCUT2D eigenvalue weighted by Crippen LogP contribution is -2.22. The van der Waals surface area contributed by atoms with Crippen LogP contribution in [-0.2, 0) is 25.1 Å². The normalized spacial score (nSPS) is 14.0. The summed E-state index contributed by atoms with van der Waals surface area (Å²) in [4.78, 5) is 20.3. The van der Waals surface area contributed by atoms with Gasteiger partial charge in [0, 0.05) is 21.6 Å². The molecular weight excluding hydrogens is 416 g/mol. The van der Waals surface area contributed by atoms with E-state index in [1.807, 2.05) is 23.6 Å². The Hall–Kier alpha value is -1.11. The van der Waals surface area contributed by atoms with Crippen LogP contribution in [0.15, 0.2) is 38.7 Å². The number of thiophene rings is 1. The summed E-state index contributed by atoms with van der Waals surface area (Å²) in [6.07, 6.45) is 4.54. The van der Waals surface area contributed by atoms with Gasteiger partial charge in [0.1, 0.15) is 4.83 Å². The molecule has 4 rings (SSSR count). The van der Waals surface area contributed by atoms with E-state index in [2.05, 4.69) is 28.1 Å². The number of aromatic nitrogens is 2. The Morgan fingerprint density at radius 1 is 1.24 bits per heavy atom. The van der Waals surface area contributed by atoms with Gasteiger partial charge in [-0.15, -0.1) is 11.3 Å². The Morgan fingerprint density at radius 3 is 2.76 bits per heavy atom. The number of benzene rings is 1. The minimum atomic E-state index is 0.144. The first-order valence-corrected chi connectivity index (χ1v) is 11.2. The molecule has 25 heavy (non-hydrogen) atoms. The van der Waals surface area contributed by atoms with Gasteiger partial charge in [0.05, 0.1) is 5.39 Å². The van der Waals surface area contributed by atoms with E-state index in [-0.39, 0.29) is 5.56 Å². The molecule has 130 valence electrons. The van der Waals surface area contributed by atoms with Gasteiger partial charge in [-0.3, -0.25) is 9.36 Å². The molecule has 0 radical (unpaired) electrons. The maximum Gasteiger partial charge on any atom is 0.263 e. The molecule has 0 N–H and O–H groups in total. The first kappa shape index (κ1) is 17.3. The lowest BCUT2D eigenvalue weighted by Gasteiger charge is -2.12. The van der Waals surface area contributed by atoms with E-state index >= 15 is 0 Å². The van der Waals surface area contributed by atoms with Crippen molar-refractivity contribution < 1.29 is 0 Å². The Morgan fingerprint density at radius 2 is 2.00 bits per heavy atom. The SMILES string of the molecule is CCn1c(SCc2ccc(Br)cc2)nc2sc3c(c2c1=O)CCCC3. The number of hydrogen-bond acceptors (Lipinski definition) is 4. The molecule has 0 spiro atoms. The molecule has 0 unspecified atom stereocenters. The van der Waals surface area contributed by atoms with Gasteiger partial charge >= 0.3 is 0 Å². The summed E-state index contributed by atoms with van der Waals surface area (Å²) in [5.74, 6) is 0.816. The Labute approximate surface area is 163 Å². The molecule has 6 heteroatoms. The summed E-state index contributed by atoms with van der Waals surface area (Å²) in [5.41, 5.74) is 2.65. The van der Waals surface area contributed by atoms with Crippen LogP contribution in [0.3, 0.4) is 0 Å². The molecule has 2 heterocycles. The van der Waals surface area contributed by atoms with Crippen molar-refractivity contribution in [2.45, 2.75) is 50.1 Å². The number of thioether (sulfide) groups is 1. The fraction of sp³-hybridized carbons (Fsp3) is 0.368. The van der Waals surface area contributed by atoms with Gasteiger partial charge in [-0.05, 0) is 55.9 Å². The summed E-state index contributed by atoms with van der Waals surface area (Å²) in [7, 11) is 0. The van der Waals surface area contributed by atoms with Crippen molar-refractivity contribution in [2.24, 2.45) is 0 Å². The summed E-state index contributed by atoms with van der Waals surface area (Å²) in [5, 5.41) is 1.72. The van der Waals surface area contributed by atoms with E-state index in [1.54, 1.807) is 23.1 Å². The van der Waals surface area contributed by atoms with E-state index in [9.17, 15) is 4.79 Å². The highest BCUT2D eigenvalue weighted by molar-refractivity contribution is 9.10. The average molecular weight is 435 g/mol. The molecule has 0 fully saturated rings. The van der Waals surface area contributed by atoms with E-state index in [1.165, 1.54) is 28.8 Å². The molecule has 0 saturated carbocycles. The quantitative estimate of drug-likeness (QED) is 0.406. The van der Waals surface area contributed by atoms with Crippen molar-refractivity contribution in [3.63, 3.8) is 0 Å². The van der Waals surface area contributed by atoms with E-state index in [0.29, 0.717) is 6.54 Å². The van der Waals surface area contributed by atoms with Crippen LogP contribution in [0, 0.1) is 0 Å². The topological polar surface area (TPSA) is 34.9 Å². The van der Waals surface area contributed by atoms with Gasteiger partial charge in [0.2, 0.25) is 0 Å². The van der Waals surface area contributed by atoms with Crippen molar-refractivity contribution >= 4 is 49.2 Å². The molecule has 2 aromatic heterocycles. The molecule has 0 saturated heterocycles. The monoisotopic (exact) mass is 434 g/mol. The number of nitrogens with zero attached hydrogens (tertiary/aromatic N) is 2. The van der Waals surface area contributed by atoms with Gasteiger partial charge in [0.25, 0.3) is 5.56 Å². The molecule has 3 aromatic rings. The van der Waals surface area contributed by atoms with Crippen molar-refractivity contribution in [1.82, 2.24) is 9.55 Å². The largest absolute Gasteiger partial charge is 0.287 e. The molecular formula is C19H19BrN2OS2. The smallest absolute Gasteiger partial charge is 0.263 e.